The summed E-state index contributed by atoms with van der Waals surface area (Å²) in [5.74, 6) is 1.46. The van der Waals surface area contributed by atoms with E-state index in [0.29, 0.717) is 17.7 Å². The van der Waals surface area contributed by atoms with E-state index in [1.165, 1.54) is 55.1 Å². The molecule has 2 aliphatic heterocycles. The first-order valence-electron chi connectivity index (χ1n) is 18.0. The molecule has 0 radical (unpaired) electrons. The zero-order chi connectivity index (χ0) is 35.0. The molecule has 0 amide bonds. The molecule has 4 nitrogen and oxygen atoms in total. The molecule has 0 saturated carbocycles. The molecule has 3 aliphatic rings. The summed E-state index contributed by atoms with van der Waals surface area (Å²) in [4.78, 5) is 3.64. The average molecular weight is 693 g/mol. The van der Waals surface area contributed by atoms with Crippen molar-refractivity contribution in [3.8, 4) is 22.3 Å². The molecule has 6 aromatic rings. The van der Waals surface area contributed by atoms with Gasteiger partial charge in [0.15, 0.2) is 5.84 Å². The van der Waals surface area contributed by atoms with Crippen molar-refractivity contribution in [3.63, 3.8) is 0 Å². The van der Waals surface area contributed by atoms with Crippen LogP contribution in [0, 0.1) is 5.92 Å². The summed E-state index contributed by atoms with van der Waals surface area (Å²) < 4.78 is 0. The van der Waals surface area contributed by atoms with Crippen LogP contribution in [0.3, 0.4) is 0 Å². The molecule has 9 rings (SSSR count). The lowest BCUT2D eigenvalue weighted by molar-refractivity contribution is 0.139. The number of nitrogens with one attached hydrogen (secondary N) is 1. The quantitative estimate of drug-likeness (QED) is 0.172. The minimum Gasteiger partial charge on any atom is -0.354 e. The van der Waals surface area contributed by atoms with E-state index in [1.807, 2.05) is 11.8 Å². The van der Waals surface area contributed by atoms with E-state index in [-0.39, 0.29) is 6.17 Å². The maximum atomic E-state index is 5.26. The van der Waals surface area contributed by atoms with Crippen LogP contribution in [0.4, 0.5) is 11.4 Å². The van der Waals surface area contributed by atoms with Gasteiger partial charge < -0.3 is 10.2 Å². The van der Waals surface area contributed by atoms with Gasteiger partial charge in [-0.25, -0.2) is 0 Å². The highest BCUT2D eigenvalue weighted by atomic mass is 32.2. The van der Waals surface area contributed by atoms with Gasteiger partial charge in [-0.3, -0.25) is 5.01 Å². The fourth-order valence-electron chi connectivity index (χ4n) is 7.73. The number of benzene rings is 6. The molecular weight excluding hydrogens is 653 g/mol. The molecule has 0 bridgehead atoms. The normalized spacial score (nSPS) is 18.8. The Bertz CT molecular complexity index is 2310. The van der Waals surface area contributed by atoms with E-state index >= 15 is 0 Å². The van der Waals surface area contributed by atoms with Gasteiger partial charge >= 0.3 is 0 Å². The summed E-state index contributed by atoms with van der Waals surface area (Å²) in [6.45, 7) is 3.00. The number of allylic oxidation sites excluding steroid dienone is 3. The summed E-state index contributed by atoms with van der Waals surface area (Å²) in [6.07, 6.45) is 6.80. The first kappa shape index (κ1) is 32.1. The lowest BCUT2D eigenvalue weighted by Crippen LogP contribution is -2.32. The molecule has 1 aliphatic carbocycles. The smallest absolute Gasteiger partial charge is 0.157 e. The molecule has 3 unspecified atom stereocenters. The second-order valence-electron chi connectivity index (χ2n) is 13.8. The minimum absolute atomic E-state index is 0.0521. The van der Waals surface area contributed by atoms with Crippen molar-refractivity contribution in [2.75, 3.05) is 12.4 Å². The molecule has 254 valence electrons. The van der Waals surface area contributed by atoms with Gasteiger partial charge in [-0.2, -0.15) is 5.10 Å². The molecule has 0 saturated heterocycles. The van der Waals surface area contributed by atoms with Crippen molar-refractivity contribution in [3.05, 3.63) is 192 Å². The number of fused-ring (bicyclic) bond motifs is 3. The number of thioether (sulfide) groups is 1. The largest absolute Gasteiger partial charge is 0.354 e. The van der Waals surface area contributed by atoms with Crippen molar-refractivity contribution < 1.29 is 0 Å². The Morgan fingerprint density at radius 1 is 0.673 bits per heavy atom. The molecule has 52 heavy (non-hydrogen) atoms. The first-order valence-corrected chi connectivity index (χ1v) is 18.9. The average Bonchev–Trinajstić information content (AvgIpc) is 3.75. The Morgan fingerprint density at radius 3 is 2.06 bits per heavy atom. The number of anilines is 2. The standard InChI is InChI=1S/C47H40N4S/c1-32-14-12-23-41-42-29-28-40(35-17-8-4-9-18-35)43(45(42)52-44(32)41)48-39-26-24-33(25-27-39)31-51-47(50(2)46(49-51)36-19-10-5-11-20-36)38-22-13-21-37(30-38)34-15-6-3-7-16-34/h3-30,32,44,47-48H,31H2,1-2H3. The second kappa shape index (κ2) is 13.7. The number of hydrogen-bond donors (Lipinski definition) is 1. The Labute approximate surface area is 310 Å². The van der Waals surface area contributed by atoms with Crippen LogP contribution in [0.5, 0.6) is 0 Å². The maximum absolute atomic E-state index is 5.26. The van der Waals surface area contributed by atoms with Crippen molar-refractivity contribution in [2.45, 2.75) is 29.8 Å². The van der Waals surface area contributed by atoms with Gasteiger partial charge in [-0.05, 0) is 63.1 Å². The monoisotopic (exact) mass is 692 g/mol. The van der Waals surface area contributed by atoms with Crippen molar-refractivity contribution >= 4 is 34.5 Å². The molecule has 3 atom stereocenters. The topological polar surface area (TPSA) is 30.9 Å². The van der Waals surface area contributed by atoms with Crippen LogP contribution in [0.2, 0.25) is 0 Å². The maximum Gasteiger partial charge on any atom is 0.157 e. The summed E-state index contributed by atoms with van der Waals surface area (Å²) in [6, 6.07) is 54.2. The molecule has 5 heteroatoms. The third-order valence-corrected chi connectivity index (χ3v) is 12.0. The number of nitrogens with zero attached hydrogens (tertiary/aromatic N) is 3. The number of hydrogen-bond acceptors (Lipinski definition) is 5. The van der Waals surface area contributed by atoms with E-state index < -0.39 is 0 Å². The Morgan fingerprint density at radius 2 is 1.33 bits per heavy atom. The van der Waals surface area contributed by atoms with E-state index in [4.69, 9.17) is 5.10 Å². The summed E-state index contributed by atoms with van der Waals surface area (Å²) >= 11 is 2.00. The van der Waals surface area contributed by atoms with Crippen LogP contribution in [-0.2, 0) is 6.54 Å². The van der Waals surface area contributed by atoms with Gasteiger partial charge in [0, 0.05) is 34.0 Å². The molecule has 0 fully saturated rings. The zero-order valence-corrected chi connectivity index (χ0v) is 30.2. The highest BCUT2D eigenvalue weighted by molar-refractivity contribution is 8.01. The van der Waals surface area contributed by atoms with Crippen LogP contribution >= 0.6 is 11.8 Å². The molecule has 0 aromatic heterocycles. The molecule has 0 spiro atoms. The summed E-state index contributed by atoms with van der Waals surface area (Å²) in [5, 5.41) is 11.8. The Balaban J connectivity index is 1.03. The summed E-state index contributed by atoms with van der Waals surface area (Å²) in [5.41, 5.74) is 13.4. The fraction of sp³-hybridized carbons (Fsp3) is 0.128. The van der Waals surface area contributed by atoms with Crippen LogP contribution in [0.1, 0.15) is 35.3 Å². The fourth-order valence-corrected chi connectivity index (χ4v) is 9.22. The predicted molar refractivity (Wildman–Crippen MR) is 218 cm³/mol. The van der Waals surface area contributed by atoms with Crippen molar-refractivity contribution in [2.24, 2.45) is 11.0 Å². The number of rotatable bonds is 8. The van der Waals surface area contributed by atoms with E-state index in [2.05, 4.69) is 199 Å². The van der Waals surface area contributed by atoms with Gasteiger partial charge in [0.25, 0.3) is 0 Å². The van der Waals surface area contributed by atoms with E-state index in [9.17, 15) is 0 Å². The van der Waals surface area contributed by atoms with Crippen LogP contribution in [-0.4, -0.2) is 28.0 Å². The Kier molecular flexibility index (Phi) is 8.50. The van der Waals surface area contributed by atoms with Crippen molar-refractivity contribution in [1.29, 1.82) is 0 Å². The number of amidine groups is 1. The first-order chi connectivity index (χ1) is 25.6. The van der Waals surface area contributed by atoms with Gasteiger partial charge in [0.1, 0.15) is 6.17 Å². The third kappa shape index (κ3) is 6.01. The van der Waals surface area contributed by atoms with E-state index in [0.717, 1.165) is 17.1 Å². The SMILES string of the molecule is CC1C=CC=C2c3ccc(-c4ccccc4)c(Nc4ccc(CN5N=C(c6ccccc6)N(C)C5c5cccc(-c6ccccc6)c5)cc4)c3SC21. The van der Waals surface area contributed by atoms with Gasteiger partial charge in [-0.15, -0.1) is 11.8 Å². The number of hydrazone groups is 1. The van der Waals surface area contributed by atoms with Crippen molar-refractivity contribution in [1.82, 2.24) is 9.91 Å². The zero-order valence-electron chi connectivity index (χ0n) is 29.4. The summed E-state index contributed by atoms with van der Waals surface area (Å²) in [7, 11) is 2.16. The van der Waals surface area contributed by atoms with Gasteiger partial charge in [0.2, 0.25) is 0 Å². The van der Waals surface area contributed by atoms with Crippen LogP contribution in [0.25, 0.3) is 27.8 Å². The highest BCUT2D eigenvalue weighted by Gasteiger charge is 2.35. The van der Waals surface area contributed by atoms with Crippen LogP contribution < -0.4 is 5.32 Å². The van der Waals surface area contributed by atoms with E-state index in [1.54, 1.807) is 0 Å². The minimum atomic E-state index is -0.0521. The molecule has 6 aromatic carbocycles. The lowest BCUT2D eigenvalue weighted by atomic mass is 9.89. The highest BCUT2D eigenvalue weighted by Crippen LogP contribution is 2.55. The van der Waals surface area contributed by atoms with Gasteiger partial charge in [0.05, 0.1) is 12.2 Å². The lowest BCUT2D eigenvalue weighted by Gasteiger charge is -2.30. The second-order valence-corrected chi connectivity index (χ2v) is 15.0. The third-order valence-electron chi connectivity index (χ3n) is 10.4. The molecule has 1 N–H and O–H groups in total. The van der Waals surface area contributed by atoms with Gasteiger partial charge in [-0.1, -0.05) is 159 Å². The van der Waals surface area contributed by atoms with Crippen LogP contribution in [0.15, 0.2) is 180 Å². The Hall–Kier alpha value is -5.78. The molecule has 2 heterocycles. The molecular formula is C47H40N4S. The predicted octanol–water partition coefficient (Wildman–Crippen LogP) is 11.6.